The molecule has 0 unspecified atom stereocenters. The Morgan fingerprint density at radius 1 is 1.33 bits per heavy atom. The van der Waals surface area contributed by atoms with Gasteiger partial charge in [-0.15, -0.1) is 0 Å². The minimum Gasteiger partial charge on any atom is -0.469 e. The molecule has 8 heteroatoms. The molecule has 3 aromatic rings. The molecular weight excluding hydrogens is 344 g/mol. The average Bonchev–Trinajstić information content (AvgIpc) is 3.37. The molecule has 0 atom stereocenters. The number of carbonyl (C=O) groups is 1. The van der Waals surface area contributed by atoms with Crippen LogP contribution >= 0.6 is 0 Å². The predicted molar refractivity (Wildman–Crippen MR) is 98.1 cm³/mol. The number of aromatic nitrogens is 5. The van der Waals surface area contributed by atoms with Gasteiger partial charge in [0.05, 0.1) is 24.3 Å². The summed E-state index contributed by atoms with van der Waals surface area (Å²) in [6.45, 7) is 3.53. The zero-order valence-corrected chi connectivity index (χ0v) is 15.1. The van der Waals surface area contributed by atoms with Crippen LogP contribution < -0.4 is 10.1 Å². The Balaban J connectivity index is 1.45. The van der Waals surface area contributed by atoms with E-state index in [0.717, 1.165) is 42.5 Å². The largest absolute Gasteiger partial charge is 0.469 e. The lowest BCUT2D eigenvalue weighted by molar-refractivity contribution is -0.121. The van der Waals surface area contributed by atoms with Crippen molar-refractivity contribution in [1.82, 2.24) is 29.7 Å². The fourth-order valence-electron chi connectivity index (χ4n) is 4.46. The van der Waals surface area contributed by atoms with E-state index in [1.165, 1.54) is 6.08 Å². The molecule has 27 heavy (non-hydrogen) atoms. The molecule has 6 rings (SSSR count). The molecule has 1 N–H and O–H groups in total. The van der Waals surface area contributed by atoms with Crippen molar-refractivity contribution in [3.05, 3.63) is 43.5 Å². The molecule has 0 aliphatic heterocycles. The molecule has 3 aromatic heterocycles. The Bertz CT molecular complexity index is 1060. The van der Waals surface area contributed by atoms with Crippen LogP contribution in [-0.2, 0) is 11.8 Å². The van der Waals surface area contributed by atoms with Gasteiger partial charge in [-0.3, -0.25) is 9.48 Å². The van der Waals surface area contributed by atoms with Gasteiger partial charge in [0, 0.05) is 37.2 Å². The lowest BCUT2D eigenvalue weighted by Gasteiger charge is -2.46. The Hall–Kier alpha value is -3.16. The fraction of sp³-hybridized carbons (Fsp3) is 0.368. The van der Waals surface area contributed by atoms with Crippen LogP contribution in [0.15, 0.2) is 43.5 Å². The lowest BCUT2D eigenvalue weighted by Crippen LogP contribution is -2.60. The van der Waals surface area contributed by atoms with E-state index in [9.17, 15) is 4.79 Å². The van der Waals surface area contributed by atoms with Crippen LogP contribution in [0.3, 0.4) is 0 Å². The summed E-state index contributed by atoms with van der Waals surface area (Å²) in [6, 6.07) is 1.90. The minimum absolute atomic E-state index is 0.125. The van der Waals surface area contributed by atoms with Gasteiger partial charge in [0.25, 0.3) is 0 Å². The summed E-state index contributed by atoms with van der Waals surface area (Å²) in [5, 5.41) is 11.6. The van der Waals surface area contributed by atoms with E-state index in [2.05, 4.69) is 22.1 Å². The zero-order valence-electron chi connectivity index (χ0n) is 15.1. The first-order chi connectivity index (χ1) is 13.0. The van der Waals surface area contributed by atoms with E-state index >= 15 is 0 Å². The summed E-state index contributed by atoms with van der Waals surface area (Å²) in [7, 11) is 1.87. The first-order valence-electron chi connectivity index (χ1n) is 8.97. The molecule has 3 aliphatic rings. The number of nitrogens with zero attached hydrogens (tertiary/aromatic N) is 5. The van der Waals surface area contributed by atoms with Gasteiger partial charge in [0.1, 0.15) is 11.1 Å². The number of amides is 1. The van der Waals surface area contributed by atoms with Crippen molar-refractivity contribution in [3.8, 4) is 17.1 Å². The Kier molecular flexibility index (Phi) is 3.22. The maximum absolute atomic E-state index is 11.7. The van der Waals surface area contributed by atoms with Crippen molar-refractivity contribution < 1.29 is 9.53 Å². The van der Waals surface area contributed by atoms with Gasteiger partial charge in [-0.2, -0.15) is 10.2 Å². The number of ether oxygens (including phenoxy) is 1. The number of rotatable bonds is 5. The lowest BCUT2D eigenvalue weighted by atomic mass is 9.73. The molecule has 1 amide bonds. The molecule has 3 aliphatic carbocycles. The summed E-state index contributed by atoms with van der Waals surface area (Å²) in [4.78, 5) is 16.5. The van der Waals surface area contributed by atoms with Gasteiger partial charge in [0.15, 0.2) is 0 Å². The third-order valence-corrected chi connectivity index (χ3v) is 5.62. The van der Waals surface area contributed by atoms with Crippen LogP contribution in [0, 0.1) is 0 Å². The van der Waals surface area contributed by atoms with Gasteiger partial charge in [-0.05, 0) is 25.0 Å². The van der Waals surface area contributed by atoms with Crippen LogP contribution in [0.4, 0.5) is 0 Å². The number of fused-ring (bicyclic) bond motifs is 2. The van der Waals surface area contributed by atoms with E-state index in [1.807, 2.05) is 25.5 Å². The highest BCUT2D eigenvalue weighted by molar-refractivity contribution is 5.87. The van der Waals surface area contributed by atoms with E-state index < -0.39 is 0 Å². The van der Waals surface area contributed by atoms with Crippen molar-refractivity contribution in [1.29, 1.82) is 0 Å². The van der Waals surface area contributed by atoms with E-state index in [1.54, 1.807) is 21.6 Å². The summed E-state index contributed by atoms with van der Waals surface area (Å²) in [6.07, 6.45) is 12.0. The molecule has 3 heterocycles. The average molecular weight is 364 g/mol. The van der Waals surface area contributed by atoms with Gasteiger partial charge < -0.3 is 10.1 Å². The third kappa shape index (κ3) is 2.51. The van der Waals surface area contributed by atoms with E-state index in [0.29, 0.717) is 5.88 Å². The highest BCUT2D eigenvalue weighted by Gasteiger charge is 2.63. The highest BCUT2D eigenvalue weighted by atomic mass is 16.5. The van der Waals surface area contributed by atoms with Gasteiger partial charge in [-0.25, -0.2) is 9.50 Å². The summed E-state index contributed by atoms with van der Waals surface area (Å²) >= 11 is 0. The van der Waals surface area contributed by atoms with Crippen molar-refractivity contribution in [3.63, 3.8) is 0 Å². The molecule has 0 spiro atoms. The number of carbonyl (C=O) groups excluding carboxylic acids is 1. The standard InChI is InChI=1S/C19H20N6O2/c1-3-16(26)23-18-5-6-19(11-18,12-18)27-17-15-4-7-20-25(15)10-14(22-17)13-8-21-24(2)9-13/h3-4,7-10H,1,5-6,11-12H2,2H3,(H,23,26). The molecule has 138 valence electrons. The quantitative estimate of drug-likeness (QED) is 0.699. The highest BCUT2D eigenvalue weighted by Crippen LogP contribution is 2.57. The zero-order chi connectivity index (χ0) is 18.6. The van der Waals surface area contributed by atoms with E-state index in [4.69, 9.17) is 9.72 Å². The number of hydrogen-bond acceptors (Lipinski definition) is 5. The van der Waals surface area contributed by atoms with E-state index in [-0.39, 0.29) is 17.0 Å². The Morgan fingerprint density at radius 2 is 2.19 bits per heavy atom. The maximum atomic E-state index is 11.7. The monoisotopic (exact) mass is 364 g/mol. The summed E-state index contributed by atoms with van der Waals surface area (Å²) in [5.74, 6) is 0.444. The third-order valence-electron chi connectivity index (χ3n) is 5.62. The van der Waals surface area contributed by atoms with Crippen LogP contribution in [0.2, 0.25) is 0 Å². The first kappa shape index (κ1) is 16.0. The van der Waals surface area contributed by atoms with Crippen LogP contribution in [0.5, 0.6) is 5.88 Å². The predicted octanol–water partition coefficient (Wildman–Crippen LogP) is 1.88. The Labute approximate surface area is 155 Å². The minimum atomic E-state index is -0.278. The summed E-state index contributed by atoms with van der Waals surface area (Å²) in [5.41, 5.74) is 2.05. The van der Waals surface area contributed by atoms with Crippen molar-refractivity contribution in [2.45, 2.75) is 36.8 Å². The molecule has 8 nitrogen and oxygen atoms in total. The van der Waals surface area contributed by atoms with Crippen LogP contribution in [0.1, 0.15) is 25.7 Å². The fourth-order valence-corrected chi connectivity index (χ4v) is 4.46. The van der Waals surface area contributed by atoms with Gasteiger partial charge >= 0.3 is 0 Å². The SMILES string of the molecule is C=CC(=O)NC12CCC(Oc3nc(-c4cnn(C)c4)cn4nccc34)(C1)C2. The number of nitrogens with one attached hydrogen (secondary N) is 1. The summed E-state index contributed by atoms with van der Waals surface area (Å²) < 4.78 is 9.95. The van der Waals surface area contributed by atoms with Crippen molar-refractivity contribution >= 4 is 11.4 Å². The second-order valence-corrected chi connectivity index (χ2v) is 7.61. The van der Waals surface area contributed by atoms with Crippen LogP contribution in [-0.4, -0.2) is 41.4 Å². The normalized spacial score (nSPS) is 26.0. The topological polar surface area (TPSA) is 86.3 Å². The van der Waals surface area contributed by atoms with Crippen molar-refractivity contribution in [2.75, 3.05) is 0 Å². The Morgan fingerprint density at radius 3 is 2.93 bits per heavy atom. The van der Waals surface area contributed by atoms with Gasteiger partial charge in [-0.1, -0.05) is 6.58 Å². The molecule has 3 saturated carbocycles. The molecule has 0 radical (unpaired) electrons. The molecular formula is C19H20N6O2. The smallest absolute Gasteiger partial charge is 0.243 e. The molecule has 2 bridgehead atoms. The molecule has 0 saturated heterocycles. The number of aryl methyl sites for hydroxylation is 1. The maximum Gasteiger partial charge on any atom is 0.243 e. The molecule has 3 fully saturated rings. The molecule has 0 aromatic carbocycles. The first-order valence-corrected chi connectivity index (χ1v) is 8.97. The van der Waals surface area contributed by atoms with Crippen LogP contribution in [0.25, 0.3) is 16.8 Å². The number of hydrogen-bond donors (Lipinski definition) is 1. The van der Waals surface area contributed by atoms with Gasteiger partial charge in [0.2, 0.25) is 11.8 Å². The van der Waals surface area contributed by atoms with Crippen molar-refractivity contribution in [2.24, 2.45) is 7.05 Å². The second-order valence-electron chi connectivity index (χ2n) is 7.61. The second kappa shape index (κ2) is 5.42.